The van der Waals surface area contributed by atoms with Crippen LogP contribution in [-0.2, 0) is 10.0 Å². The number of carboxylic acid groups (broad SMARTS) is 1. The minimum atomic E-state index is -4.00. The molecule has 1 aromatic heterocycles. The van der Waals surface area contributed by atoms with Crippen LogP contribution in [0.25, 0.3) is 0 Å². The molecule has 0 amide bonds. The second kappa shape index (κ2) is 7.02. The summed E-state index contributed by atoms with van der Waals surface area (Å²) >= 11 is 0. The molecule has 0 saturated carbocycles. The van der Waals surface area contributed by atoms with Gasteiger partial charge in [-0.05, 0) is 30.5 Å². The van der Waals surface area contributed by atoms with Crippen molar-refractivity contribution >= 4 is 38.0 Å². The van der Waals surface area contributed by atoms with Crippen molar-refractivity contribution < 1.29 is 23.1 Å². The van der Waals surface area contributed by atoms with Gasteiger partial charge in [-0.15, -0.1) is 0 Å². The van der Waals surface area contributed by atoms with E-state index in [4.69, 9.17) is 9.84 Å². The number of sulfonamides is 1. The van der Waals surface area contributed by atoms with Gasteiger partial charge < -0.3 is 9.84 Å². The van der Waals surface area contributed by atoms with Gasteiger partial charge in [0.15, 0.2) is 0 Å². The lowest BCUT2D eigenvalue weighted by molar-refractivity contribution is 0.0696. The molecule has 0 aliphatic rings. The minimum Gasteiger partial charge on any atom is -0.479 e. The van der Waals surface area contributed by atoms with Crippen LogP contribution in [0.1, 0.15) is 10.4 Å². The lowest BCUT2D eigenvalue weighted by Gasteiger charge is -2.13. The molecule has 0 aliphatic heterocycles. The number of aromatic carboxylic acids is 1. The molecule has 0 saturated heterocycles. The minimum absolute atomic E-state index is 0.113. The Morgan fingerprint density at radius 2 is 2.08 bits per heavy atom. The zero-order chi connectivity index (χ0) is 17.9. The first-order valence-corrected chi connectivity index (χ1v) is 9.89. The molecule has 0 radical (unpaired) electrons. The first kappa shape index (κ1) is 18.0. The Morgan fingerprint density at radius 1 is 1.38 bits per heavy atom. The topological polar surface area (TPSA) is 106 Å². The molecular weight excluding hydrogens is 352 g/mol. The van der Waals surface area contributed by atoms with E-state index in [0.29, 0.717) is 0 Å². The highest BCUT2D eigenvalue weighted by Crippen LogP contribution is 2.30. The van der Waals surface area contributed by atoms with Crippen molar-refractivity contribution in [1.29, 1.82) is 0 Å². The predicted molar refractivity (Wildman–Crippen MR) is 93.9 cm³/mol. The lowest BCUT2D eigenvalue weighted by Crippen LogP contribution is -2.15. The third-order valence-corrected chi connectivity index (χ3v) is 5.45. The van der Waals surface area contributed by atoms with Crippen LogP contribution in [0.5, 0.6) is 5.88 Å². The molecule has 1 unspecified atom stereocenters. The molecule has 24 heavy (non-hydrogen) atoms. The molecule has 7 nitrogen and oxygen atoms in total. The molecule has 0 fully saturated rings. The van der Waals surface area contributed by atoms with Gasteiger partial charge in [-0.2, -0.15) is 10.5 Å². The molecule has 1 aromatic carbocycles. The Hall–Kier alpha value is -2.39. The molecule has 2 aromatic rings. The van der Waals surface area contributed by atoms with Gasteiger partial charge in [0.05, 0.1) is 17.6 Å². The van der Waals surface area contributed by atoms with Crippen molar-refractivity contribution in [2.75, 3.05) is 18.1 Å². The van der Waals surface area contributed by atoms with Gasteiger partial charge >= 0.3 is 5.97 Å². The van der Waals surface area contributed by atoms with E-state index in [-0.39, 0.29) is 32.5 Å². The van der Waals surface area contributed by atoms with E-state index in [9.17, 15) is 13.2 Å². The number of benzene rings is 1. The van der Waals surface area contributed by atoms with Crippen molar-refractivity contribution in [3.8, 4) is 5.88 Å². The molecule has 0 bridgehead atoms. The Balaban J connectivity index is 2.46. The largest absolute Gasteiger partial charge is 0.479 e. The summed E-state index contributed by atoms with van der Waals surface area (Å²) in [6.07, 6.45) is 3.44. The van der Waals surface area contributed by atoms with Crippen LogP contribution < -0.4 is 9.46 Å². The summed E-state index contributed by atoms with van der Waals surface area (Å²) in [6, 6.07) is 6.67. The van der Waals surface area contributed by atoms with Gasteiger partial charge in [-0.3, -0.25) is 4.72 Å². The Labute approximate surface area is 142 Å². The number of carbonyl (C=O) groups is 1. The summed E-state index contributed by atoms with van der Waals surface area (Å²) in [6.45, 7) is 0. The van der Waals surface area contributed by atoms with Crippen molar-refractivity contribution in [3.63, 3.8) is 0 Å². The van der Waals surface area contributed by atoms with E-state index in [1.54, 1.807) is 12.3 Å². The summed E-state index contributed by atoms with van der Waals surface area (Å²) in [5.41, 5.74) is 0.0447. The maximum absolute atomic E-state index is 12.5. The molecule has 2 N–H and O–H groups in total. The van der Waals surface area contributed by atoms with Gasteiger partial charge in [0.1, 0.15) is 5.69 Å². The molecule has 0 aliphatic carbocycles. The number of methoxy groups -OCH3 is 1. The highest BCUT2D eigenvalue weighted by atomic mass is 32.2. The van der Waals surface area contributed by atoms with E-state index in [1.807, 2.05) is 6.26 Å². The van der Waals surface area contributed by atoms with Crippen molar-refractivity contribution in [3.05, 3.63) is 42.1 Å². The Bertz CT molecular complexity index is 910. The number of carboxylic acids is 1. The number of hydrogen-bond acceptors (Lipinski definition) is 5. The predicted octanol–water partition coefficient (Wildman–Crippen LogP) is 2.28. The van der Waals surface area contributed by atoms with E-state index in [1.165, 1.54) is 25.3 Å². The highest BCUT2D eigenvalue weighted by Gasteiger charge is 2.19. The van der Waals surface area contributed by atoms with E-state index in [0.717, 1.165) is 11.0 Å². The smallest absolute Gasteiger partial charge is 0.335 e. The molecule has 128 valence electrons. The number of hydrogen-bond donors (Lipinski definition) is 2. The van der Waals surface area contributed by atoms with Crippen LogP contribution >= 0.6 is 10.5 Å². The molecule has 0 spiro atoms. The van der Waals surface area contributed by atoms with Crippen LogP contribution in [0.2, 0.25) is 0 Å². The number of pyridine rings is 1. The third kappa shape index (κ3) is 3.92. The van der Waals surface area contributed by atoms with Crippen molar-refractivity contribution in [2.24, 2.45) is 0 Å². The normalized spacial score (nSPS) is 12.4. The fourth-order valence-corrected chi connectivity index (χ4v) is 3.50. The number of nitrogens with one attached hydrogen (secondary N) is 1. The zero-order valence-corrected chi connectivity index (χ0v) is 14.6. The average Bonchev–Trinajstić information content (AvgIpc) is 2.54. The molecule has 9 heteroatoms. The van der Waals surface area contributed by atoms with Gasteiger partial charge in [0.25, 0.3) is 10.0 Å². The zero-order valence-electron chi connectivity index (χ0n) is 13.0. The van der Waals surface area contributed by atoms with E-state index in [2.05, 4.69) is 15.6 Å². The number of ether oxygens (including phenoxy) is 1. The second-order valence-electron chi connectivity index (χ2n) is 4.80. The summed E-state index contributed by atoms with van der Waals surface area (Å²) in [4.78, 5) is 15.7. The second-order valence-corrected chi connectivity index (χ2v) is 8.23. The first-order valence-electron chi connectivity index (χ1n) is 6.60. The Morgan fingerprint density at radius 3 is 2.67 bits per heavy atom. The monoisotopic (exact) mass is 368 g/mol. The van der Waals surface area contributed by atoms with Crippen LogP contribution in [-0.4, -0.2) is 43.7 Å². The fraction of sp³-hybridized carbons (Fsp3) is 0.133. The fourth-order valence-electron chi connectivity index (χ4n) is 1.86. The summed E-state index contributed by atoms with van der Waals surface area (Å²) in [5, 5.41) is 8.99. The van der Waals surface area contributed by atoms with Gasteiger partial charge in [-0.1, -0.05) is 11.9 Å². The maximum Gasteiger partial charge on any atom is 0.335 e. The van der Waals surface area contributed by atoms with Crippen molar-refractivity contribution in [2.45, 2.75) is 9.79 Å². The van der Waals surface area contributed by atoms with E-state index < -0.39 is 16.0 Å². The highest BCUT2D eigenvalue weighted by molar-refractivity contribution is 8.13. The number of nitrogens with zero attached hydrogens (tertiary/aromatic N) is 1. The molecular formula is C15H16N2O5S2. The maximum atomic E-state index is 12.5. The van der Waals surface area contributed by atoms with Crippen molar-refractivity contribution in [1.82, 2.24) is 4.98 Å². The van der Waals surface area contributed by atoms with Crippen LogP contribution in [0.15, 0.2) is 46.3 Å². The molecule has 1 heterocycles. The third-order valence-electron chi connectivity index (χ3n) is 3.06. The summed E-state index contributed by atoms with van der Waals surface area (Å²) < 4.78 is 32.5. The van der Waals surface area contributed by atoms with Gasteiger partial charge in [0.2, 0.25) is 5.88 Å². The SMILES string of the molecule is C=S(C)c1cnc(OC)c(NS(=O)(=O)c2cccc(C(=O)O)c2)c1. The molecule has 1 atom stereocenters. The Kier molecular flexibility index (Phi) is 5.25. The number of rotatable bonds is 6. The number of aromatic nitrogens is 1. The average molecular weight is 368 g/mol. The first-order chi connectivity index (χ1) is 11.2. The van der Waals surface area contributed by atoms with Gasteiger partial charge in [-0.25, -0.2) is 18.2 Å². The quantitative estimate of drug-likeness (QED) is 0.758. The summed E-state index contributed by atoms with van der Waals surface area (Å²) in [7, 11) is -2.98. The summed E-state index contributed by atoms with van der Waals surface area (Å²) in [5.74, 6) is 2.80. The van der Waals surface area contributed by atoms with Gasteiger partial charge in [0, 0.05) is 11.1 Å². The number of anilines is 1. The van der Waals surface area contributed by atoms with Crippen LogP contribution in [0.4, 0.5) is 5.69 Å². The van der Waals surface area contributed by atoms with Crippen LogP contribution in [0, 0.1) is 0 Å². The van der Waals surface area contributed by atoms with E-state index >= 15 is 0 Å². The van der Waals surface area contributed by atoms with Crippen LogP contribution in [0.3, 0.4) is 0 Å². The standard InChI is InChI=1S/C15H16N2O5S2/c1-22-14-13(8-11(9-16-14)23(2)3)17-24(20,21)12-6-4-5-10(7-12)15(18)19/h4-9,17H,2H2,1,3H3,(H,18,19). The molecule has 2 rings (SSSR count). The lowest BCUT2D eigenvalue weighted by atomic mass is 10.2.